The molecule has 1 aliphatic rings. The lowest BCUT2D eigenvalue weighted by molar-refractivity contribution is 0.0918. The molecule has 2 rings (SSSR count). The molecule has 1 fully saturated rings. The predicted molar refractivity (Wildman–Crippen MR) is 91.8 cm³/mol. The van der Waals surface area contributed by atoms with Crippen LogP contribution in [0.15, 0.2) is 23.1 Å². The molecular formula is C15H22ClN3O4S. The molecule has 0 atom stereocenters. The predicted octanol–water partition coefficient (Wildman–Crippen LogP) is 1.31. The van der Waals surface area contributed by atoms with Crippen LogP contribution in [-0.4, -0.2) is 70.7 Å². The number of amides is 1. The van der Waals surface area contributed by atoms with Crippen LogP contribution in [0.1, 0.15) is 5.56 Å². The molecule has 24 heavy (non-hydrogen) atoms. The van der Waals surface area contributed by atoms with E-state index in [1.54, 1.807) is 30.0 Å². The molecule has 1 N–H and O–H groups in total. The molecule has 134 valence electrons. The average molecular weight is 376 g/mol. The fourth-order valence-corrected chi connectivity index (χ4v) is 4.09. The van der Waals surface area contributed by atoms with Crippen LogP contribution in [0, 0.1) is 6.92 Å². The van der Waals surface area contributed by atoms with Gasteiger partial charge in [-0.15, -0.1) is 0 Å². The van der Waals surface area contributed by atoms with Crippen molar-refractivity contribution in [1.82, 2.24) is 14.5 Å². The van der Waals surface area contributed by atoms with Crippen molar-refractivity contribution in [2.75, 3.05) is 46.4 Å². The standard InChI is InChI=1S/C15H22ClN3O4S/c1-12-13(16)4-3-5-14(12)24(21,22)17-6-7-18-8-10-19(11-9-18)15(20)23-2/h3-5,17H,6-11H2,1-2H3. The number of hydrogen-bond donors (Lipinski definition) is 1. The molecule has 1 aromatic carbocycles. The summed E-state index contributed by atoms with van der Waals surface area (Å²) in [6.45, 7) is 5.09. The Hall–Kier alpha value is -1.35. The zero-order valence-corrected chi connectivity index (χ0v) is 15.4. The Balaban J connectivity index is 1.84. The van der Waals surface area contributed by atoms with Crippen molar-refractivity contribution in [2.24, 2.45) is 0 Å². The second-order valence-electron chi connectivity index (χ2n) is 5.56. The van der Waals surface area contributed by atoms with Crippen molar-refractivity contribution in [3.05, 3.63) is 28.8 Å². The summed E-state index contributed by atoms with van der Waals surface area (Å²) in [5.41, 5.74) is 0.540. The highest BCUT2D eigenvalue weighted by Crippen LogP contribution is 2.22. The number of rotatable bonds is 5. The van der Waals surface area contributed by atoms with Crippen LogP contribution in [0.5, 0.6) is 0 Å². The fraction of sp³-hybridized carbons (Fsp3) is 0.533. The first-order valence-electron chi connectivity index (χ1n) is 7.65. The zero-order chi connectivity index (χ0) is 17.7. The maximum atomic E-state index is 12.4. The topological polar surface area (TPSA) is 79.0 Å². The van der Waals surface area contributed by atoms with Gasteiger partial charge in [0, 0.05) is 44.3 Å². The summed E-state index contributed by atoms with van der Waals surface area (Å²) < 4.78 is 32.0. The van der Waals surface area contributed by atoms with Gasteiger partial charge in [0.2, 0.25) is 10.0 Å². The number of benzene rings is 1. The number of hydrogen-bond acceptors (Lipinski definition) is 5. The molecule has 1 saturated heterocycles. The van der Waals surface area contributed by atoms with Crippen molar-refractivity contribution in [3.8, 4) is 0 Å². The lowest BCUT2D eigenvalue weighted by Crippen LogP contribution is -2.50. The third-order valence-electron chi connectivity index (χ3n) is 4.03. The van der Waals surface area contributed by atoms with E-state index in [9.17, 15) is 13.2 Å². The Kier molecular flexibility index (Phi) is 6.45. The number of sulfonamides is 1. The van der Waals surface area contributed by atoms with Crippen LogP contribution in [0.4, 0.5) is 4.79 Å². The Morgan fingerprint density at radius 3 is 2.58 bits per heavy atom. The van der Waals surface area contributed by atoms with Crippen molar-refractivity contribution in [2.45, 2.75) is 11.8 Å². The van der Waals surface area contributed by atoms with Crippen molar-refractivity contribution in [3.63, 3.8) is 0 Å². The van der Waals surface area contributed by atoms with Gasteiger partial charge in [0.15, 0.2) is 0 Å². The Morgan fingerprint density at radius 1 is 1.29 bits per heavy atom. The van der Waals surface area contributed by atoms with Crippen molar-refractivity contribution in [1.29, 1.82) is 0 Å². The van der Waals surface area contributed by atoms with E-state index in [0.29, 0.717) is 49.9 Å². The van der Waals surface area contributed by atoms with Gasteiger partial charge in [0.25, 0.3) is 0 Å². The molecule has 0 saturated carbocycles. The minimum Gasteiger partial charge on any atom is -0.453 e. The fourth-order valence-electron chi connectivity index (χ4n) is 2.58. The van der Waals surface area contributed by atoms with E-state index < -0.39 is 10.0 Å². The Morgan fingerprint density at radius 2 is 1.96 bits per heavy atom. The highest BCUT2D eigenvalue weighted by molar-refractivity contribution is 7.89. The van der Waals surface area contributed by atoms with E-state index in [2.05, 4.69) is 14.4 Å². The molecule has 1 aliphatic heterocycles. The van der Waals surface area contributed by atoms with Gasteiger partial charge >= 0.3 is 6.09 Å². The number of carbonyl (C=O) groups is 1. The summed E-state index contributed by atoms with van der Waals surface area (Å²) in [7, 11) is -2.23. The van der Waals surface area contributed by atoms with Gasteiger partial charge in [-0.25, -0.2) is 17.9 Å². The molecule has 0 unspecified atom stereocenters. The normalized spacial score (nSPS) is 16.2. The first kappa shape index (κ1) is 19.0. The number of methoxy groups -OCH3 is 1. The van der Waals surface area contributed by atoms with Gasteiger partial charge < -0.3 is 9.64 Å². The second-order valence-corrected chi connectivity index (χ2v) is 7.70. The quantitative estimate of drug-likeness (QED) is 0.839. The molecule has 1 heterocycles. The van der Waals surface area contributed by atoms with E-state index in [0.717, 1.165) is 0 Å². The van der Waals surface area contributed by atoms with Gasteiger partial charge in [0.1, 0.15) is 0 Å². The van der Waals surface area contributed by atoms with Crippen LogP contribution in [0.3, 0.4) is 0 Å². The summed E-state index contributed by atoms with van der Waals surface area (Å²) in [5, 5.41) is 0.428. The lowest BCUT2D eigenvalue weighted by atomic mass is 10.2. The second kappa shape index (κ2) is 8.15. The van der Waals surface area contributed by atoms with Crippen LogP contribution in [-0.2, 0) is 14.8 Å². The molecule has 0 radical (unpaired) electrons. The minimum atomic E-state index is -3.59. The number of piperazine rings is 1. The molecular weight excluding hydrogens is 354 g/mol. The Labute approximate surface area is 147 Å². The largest absolute Gasteiger partial charge is 0.453 e. The van der Waals surface area contributed by atoms with Gasteiger partial charge in [-0.2, -0.15) is 0 Å². The van der Waals surface area contributed by atoms with E-state index in [-0.39, 0.29) is 11.0 Å². The summed E-state index contributed by atoms with van der Waals surface area (Å²) in [5.74, 6) is 0. The van der Waals surface area contributed by atoms with Crippen LogP contribution >= 0.6 is 11.6 Å². The number of ether oxygens (including phenoxy) is 1. The summed E-state index contributed by atoms with van der Waals surface area (Å²) in [6.07, 6.45) is -0.327. The van der Waals surface area contributed by atoms with Gasteiger partial charge in [-0.05, 0) is 24.6 Å². The van der Waals surface area contributed by atoms with Gasteiger partial charge in [-0.3, -0.25) is 4.90 Å². The van der Waals surface area contributed by atoms with Crippen molar-refractivity contribution >= 4 is 27.7 Å². The maximum Gasteiger partial charge on any atom is 0.409 e. The first-order chi connectivity index (χ1) is 11.3. The molecule has 9 heteroatoms. The average Bonchev–Trinajstić information content (AvgIpc) is 2.57. The highest BCUT2D eigenvalue weighted by Gasteiger charge is 2.22. The highest BCUT2D eigenvalue weighted by atomic mass is 35.5. The minimum absolute atomic E-state index is 0.200. The lowest BCUT2D eigenvalue weighted by Gasteiger charge is -2.33. The zero-order valence-electron chi connectivity index (χ0n) is 13.8. The van der Waals surface area contributed by atoms with Gasteiger partial charge in [-0.1, -0.05) is 17.7 Å². The van der Waals surface area contributed by atoms with E-state index in [1.807, 2.05) is 0 Å². The summed E-state index contributed by atoms with van der Waals surface area (Å²) in [4.78, 5) is 15.4. The third kappa shape index (κ3) is 4.60. The third-order valence-corrected chi connectivity index (χ3v) is 6.05. The summed E-state index contributed by atoms with van der Waals surface area (Å²) in [6, 6.07) is 4.82. The molecule has 0 aromatic heterocycles. The SMILES string of the molecule is COC(=O)N1CCN(CCNS(=O)(=O)c2cccc(Cl)c2C)CC1. The van der Waals surface area contributed by atoms with Crippen molar-refractivity contribution < 1.29 is 17.9 Å². The molecule has 0 bridgehead atoms. The van der Waals surface area contributed by atoms with E-state index in [4.69, 9.17) is 11.6 Å². The molecule has 0 aliphatic carbocycles. The number of carbonyl (C=O) groups excluding carboxylic acids is 1. The van der Waals surface area contributed by atoms with E-state index in [1.165, 1.54) is 7.11 Å². The first-order valence-corrected chi connectivity index (χ1v) is 9.51. The Bertz CT molecular complexity index is 688. The number of nitrogens with one attached hydrogen (secondary N) is 1. The van der Waals surface area contributed by atoms with Crippen LogP contribution < -0.4 is 4.72 Å². The number of nitrogens with zero attached hydrogens (tertiary/aromatic N) is 2. The maximum absolute atomic E-state index is 12.4. The van der Waals surface area contributed by atoms with E-state index >= 15 is 0 Å². The van der Waals surface area contributed by atoms with Gasteiger partial charge in [0.05, 0.1) is 12.0 Å². The molecule has 1 aromatic rings. The molecule has 0 spiro atoms. The van der Waals surface area contributed by atoms with Crippen LogP contribution in [0.25, 0.3) is 0 Å². The molecule has 7 nitrogen and oxygen atoms in total. The smallest absolute Gasteiger partial charge is 0.409 e. The van der Waals surface area contributed by atoms with Crippen LogP contribution in [0.2, 0.25) is 5.02 Å². The monoisotopic (exact) mass is 375 g/mol. The number of halogens is 1. The summed E-state index contributed by atoms with van der Waals surface area (Å²) >= 11 is 5.98. The molecule has 1 amide bonds.